The summed E-state index contributed by atoms with van der Waals surface area (Å²) in [5.74, 6) is 0. The van der Waals surface area contributed by atoms with Gasteiger partial charge >= 0.3 is 6.03 Å². The van der Waals surface area contributed by atoms with E-state index < -0.39 is 19.5 Å². The van der Waals surface area contributed by atoms with Crippen LogP contribution in [0, 0.1) is 0 Å². The number of urea groups is 1. The number of carbonyl (C=O) groups is 1. The molecule has 0 atom stereocenters. The molecule has 0 bridgehead atoms. The lowest BCUT2D eigenvalue weighted by atomic mass is 10.8. The van der Waals surface area contributed by atoms with Crippen LogP contribution in [0.4, 0.5) is 4.79 Å². The first-order valence-electron chi connectivity index (χ1n) is 2.23. The van der Waals surface area contributed by atoms with Gasteiger partial charge in [-0.2, -0.15) is 0 Å². The van der Waals surface area contributed by atoms with Crippen LogP contribution in [-0.4, -0.2) is 41.3 Å². The maximum absolute atomic E-state index is 10.4. The van der Waals surface area contributed by atoms with Gasteiger partial charge in [0.25, 0.3) is 0 Å². The Kier molecular flexibility index (Phi) is 3.57. The number of aliphatic hydroxyl groups is 2. The van der Waals surface area contributed by atoms with Gasteiger partial charge in [0.2, 0.25) is 0 Å². The molecule has 5 heteroatoms. The molecule has 0 aliphatic rings. The molecule has 0 saturated heterocycles. The molecule has 0 spiro atoms. The zero-order valence-corrected chi connectivity index (χ0v) is 4.82. The first-order valence-corrected chi connectivity index (χ1v) is 2.23. The number of nitrogens with zero attached hydrogens (tertiary/aromatic N) is 2. The lowest BCUT2D eigenvalue weighted by molar-refractivity contribution is 0.0611. The Bertz CT molecular complexity index is 110. The highest BCUT2D eigenvalue weighted by Gasteiger charge is 2.05. The zero-order chi connectivity index (χ0) is 7.28. The third kappa shape index (κ3) is 2.20. The molecule has 0 aromatic carbocycles. The normalized spacial score (nSPS) is 8.67. The lowest BCUT2D eigenvalue weighted by Crippen LogP contribution is -2.29. The van der Waals surface area contributed by atoms with Crippen LogP contribution in [0.3, 0.4) is 0 Å². The first kappa shape index (κ1) is 8.06. The van der Waals surface area contributed by atoms with Gasteiger partial charge in [0.1, 0.15) is 13.5 Å². The van der Waals surface area contributed by atoms with Crippen LogP contribution in [0.2, 0.25) is 0 Å². The zero-order valence-electron chi connectivity index (χ0n) is 4.82. The molecule has 0 fully saturated rings. The highest BCUT2D eigenvalue weighted by atomic mass is 16.3. The van der Waals surface area contributed by atoms with Gasteiger partial charge < -0.3 is 10.2 Å². The minimum atomic E-state index is -0.736. The maximum Gasteiger partial charge on any atom is 0.346 e. The Morgan fingerprint density at radius 3 is 2.11 bits per heavy atom. The molecule has 2 amide bonds. The van der Waals surface area contributed by atoms with Gasteiger partial charge in [-0.25, -0.2) is 9.79 Å². The third-order valence-corrected chi connectivity index (χ3v) is 0.747. The first-order chi connectivity index (χ1) is 4.26. The second-order valence-electron chi connectivity index (χ2n) is 1.26. The summed E-state index contributed by atoms with van der Waals surface area (Å²) >= 11 is 0. The van der Waals surface area contributed by atoms with E-state index in [-0.39, 0.29) is 0 Å². The summed E-state index contributed by atoms with van der Waals surface area (Å²) in [5.41, 5.74) is 0. The molecular weight excluding hydrogens is 124 g/mol. The summed E-state index contributed by atoms with van der Waals surface area (Å²) in [6, 6.07) is -0.736. The molecule has 0 aromatic rings. The van der Waals surface area contributed by atoms with Crippen LogP contribution >= 0.6 is 0 Å². The fraction of sp³-hybridized carbons (Fsp3) is 0.500. The molecule has 0 aliphatic carbocycles. The Hall–Kier alpha value is -0.940. The van der Waals surface area contributed by atoms with Crippen molar-refractivity contribution in [3.8, 4) is 0 Å². The van der Waals surface area contributed by atoms with E-state index in [1.54, 1.807) is 0 Å². The van der Waals surface area contributed by atoms with Crippen molar-refractivity contribution < 1.29 is 15.0 Å². The second kappa shape index (κ2) is 3.99. The number of amides is 2. The number of aliphatic imine (C=N–C) groups is 1. The molecule has 5 nitrogen and oxygen atoms in total. The van der Waals surface area contributed by atoms with E-state index in [4.69, 9.17) is 10.2 Å². The van der Waals surface area contributed by atoms with Crippen LogP contribution in [0.1, 0.15) is 0 Å². The Balaban J connectivity index is 3.78. The fourth-order valence-corrected chi connectivity index (χ4v) is 0.266. The van der Waals surface area contributed by atoms with Gasteiger partial charge in [0.05, 0.1) is 0 Å². The van der Waals surface area contributed by atoms with E-state index in [0.29, 0.717) is 4.90 Å². The molecule has 0 radical (unpaired) electrons. The SMILES string of the molecule is C=NC(=O)N(CO)CO. The molecule has 0 heterocycles. The van der Waals surface area contributed by atoms with Gasteiger partial charge in [0, 0.05) is 0 Å². The van der Waals surface area contributed by atoms with E-state index in [9.17, 15) is 4.79 Å². The largest absolute Gasteiger partial charge is 0.376 e. The molecule has 9 heavy (non-hydrogen) atoms. The van der Waals surface area contributed by atoms with Crippen molar-refractivity contribution in [1.82, 2.24) is 4.90 Å². The van der Waals surface area contributed by atoms with Crippen molar-refractivity contribution in [2.75, 3.05) is 13.5 Å². The van der Waals surface area contributed by atoms with Crippen LogP contribution in [0.15, 0.2) is 4.99 Å². The van der Waals surface area contributed by atoms with E-state index >= 15 is 0 Å². The minimum Gasteiger partial charge on any atom is -0.376 e. The summed E-state index contributed by atoms with van der Waals surface area (Å²) < 4.78 is 0. The van der Waals surface area contributed by atoms with Crippen molar-refractivity contribution in [3.63, 3.8) is 0 Å². The molecular formula is C4H8N2O3. The molecule has 0 aromatic heterocycles. The van der Waals surface area contributed by atoms with Crippen molar-refractivity contribution in [1.29, 1.82) is 0 Å². The van der Waals surface area contributed by atoms with E-state index in [1.807, 2.05) is 0 Å². The minimum absolute atomic E-state index is 0.547. The standard InChI is InChI=1S/C4H8N2O3/c1-5-4(9)6(2-7)3-8/h7-8H,1-3H2. The van der Waals surface area contributed by atoms with Crippen LogP contribution in [-0.2, 0) is 0 Å². The highest BCUT2D eigenvalue weighted by Crippen LogP contribution is 1.86. The maximum atomic E-state index is 10.4. The predicted molar refractivity (Wildman–Crippen MR) is 31.0 cm³/mol. The van der Waals surface area contributed by atoms with Gasteiger partial charge in [-0.1, -0.05) is 0 Å². The number of aliphatic hydroxyl groups excluding tert-OH is 2. The van der Waals surface area contributed by atoms with Crippen molar-refractivity contribution in [2.24, 2.45) is 4.99 Å². The number of hydrogen-bond acceptors (Lipinski definition) is 3. The quantitative estimate of drug-likeness (QED) is 0.374. The number of hydrogen-bond donors (Lipinski definition) is 2. The predicted octanol–water partition coefficient (Wildman–Crippen LogP) is -0.991. The number of carbonyl (C=O) groups excluding carboxylic acids is 1. The van der Waals surface area contributed by atoms with E-state index in [2.05, 4.69) is 11.7 Å². The summed E-state index contributed by atoms with van der Waals surface area (Å²) in [6.45, 7) is 1.82. The molecule has 0 unspecified atom stereocenters. The van der Waals surface area contributed by atoms with Gasteiger partial charge in [0.15, 0.2) is 0 Å². The molecule has 0 rings (SSSR count). The Labute approximate surface area is 52.2 Å². The van der Waals surface area contributed by atoms with Gasteiger partial charge in [-0.05, 0) is 6.72 Å². The van der Waals surface area contributed by atoms with Gasteiger partial charge in [-0.15, -0.1) is 0 Å². The summed E-state index contributed by atoms with van der Waals surface area (Å²) in [5, 5.41) is 16.6. The highest BCUT2D eigenvalue weighted by molar-refractivity contribution is 5.78. The molecule has 52 valence electrons. The summed E-state index contributed by atoms with van der Waals surface area (Å²) in [7, 11) is 0. The second-order valence-corrected chi connectivity index (χ2v) is 1.26. The molecule has 0 saturated carbocycles. The van der Waals surface area contributed by atoms with Gasteiger partial charge in [-0.3, -0.25) is 4.90 Å². The van der Waals surface area contributed by atoms with Crippen molar-refractivity contribution in [3.05, 3.63) is 0 Å². The lowest BCUT2D eigenvalue weighted by Gasteiger charge is -2.11. The van der Waals surface area contributed by atoms with Crippen LogP contribution in [0.25, 0.3) is 0 Å². The Morgan fingerprint density at radius 2 is 2.00 bits per heavy atom. The van der Waals surface area contributed by atoms with Crippen LogP contribution in [0.5, 0.6) is 0 Å². The van der Waals surface area contributed by atoms with E-state index in [0.717, 1.165) is 0 Å². The van der Waals surface area contributed by atoms with Crippen LogP contribution < -0.4 is 0 Å². The smallest absolute Gasteiger partial charge is 0.346 e. The average molecular weight is 132 g/mol. The number of rotatable bonds is 2. The summed E-state index contributed by atoms with van der Waals surface area (Å²) in [4.78, 5) is 14.0. The third-order valence-electron chi connectivity index (χ3n) is 0.747. The van der Waals surface area contributed by atoms with E-state index in [1.165, 1.54) is 0 Å². The average Bonchev–Trinajstić information content (AvgIpc) is 1.90. The molecule has 2 N–H and O–H groups in total. The monoisotopic (exact) mass is 132 g/mol. The topological polar surface area (TPSA) is 73.1 Å². The Morgan fingerprint density at radius 1 is 1.56 bits per heavy atom. The fourth-order valence-electron chi connectivity index (χ4n) is 0.266. The molecule has 0 aliphatic heterocycles. The van der Waals surface area contributed by atoms with Crippen molar-refractivity contribution in [2.45, 2.75) is 0 Å². The van der Waals surface area contributed by atoms with Crippen molar-refractivity contribution >= 4 is 12.7 Å². The summed E-state index contributed by atoms with van der Waals surface area (Å²) in [6.07, 6.45) is 0.